The number of carbonyl (C=O) groups is 2. The molecule has 1 aliphatic rings. The number of fused-ring (bicyclic) bond motifs is 1. The Morgan fingerprint density at radius 3 is 2.28 bits per heavy atom. The van der Waals surface area contributed by atoms with Crippen molar-refractivity contribution in [1.29, 1.82) is 0 Å². The van der Waals surface area contributed by atoms with Gasteiger partial charge in [-0.1, -0.05) is 22.0 Å². The fourth-order valence-corrected chi connectivity index (χ4v) is 5.29. The number of anilines is 3. The van der Waals surface area contributed by atoms with Gasteiger partial charge in [0.1, 0.15) is 23.3 Å². The highest BCUT2D eigenvalue weighted by molar-refractivity contribution is 9.10. The van der Waals surface area contributed by atoms with Crippen molar-refractivity contribution in [3.05, 3.63) is 75.8 Å². The van der Waals surface area contributed by atoms with Gasteiger partial charge in [0, 0.05) is 29.8 Å². The van der Waals surface area contributed by atoms with Gasteiger partial charge in [0.05, 0.1) is 22.3 Å². The van der Waals surface area contributed by atoms with Crippen LogP contribution in [0.4, 0.5) is 52.4 Å². The number of carboxylic acids is 1. The van der Waals surface area contributed by atoms with E-state index in [1.165, 1.54) is 35.9 Å². The second-order valence-corrected chi connectivity index (χ2v) is 11.7. The summed E-state index contributed by atoms with van der Waals surface area (Å²) in [7, 11) is 1.40. The monoisotopic (exact) mass is 734 g/mol. The van der Waals surface area contributed by atoms with Gasteiger partial charge in [-0.05, 0) is 60.9 Å². The topological polar surface area (TPSA) is 96.7 Å². The van der Waals surface area contributed by atoms with Gasteiger partial charge in [-0.15, -0.1) is 0 Å². The van der Waals surface area contributed by atoms with Gasteiger partial charge in [0.15, 0.2) is 0 Å². The minimum atomic E-state index is -4.95. The number of halogens is 9. The van der Waals surface area contributed by atoms with Crippen molar-refractivity contribution in [3.8, 4) is 5.75 Å². The first-order valence-corrected chi connectivity index (χ1v) is 14.5. The predicted molar refractivity (Wildman–Crippen MR) is 156 cm³/mol. The maximum Gasteiger partial charge on any atom is 0.418 e. The molecule has 0 atom stereocenters. The molecule has 17 heteroatoms. The highest BCUT2D eigenvalue weighted by atomic mass is 79.9. The Morgan fingerprint density at radius 1 is 1.06 bits per heavy atom. The Hall–Kier alpha value is -4.41. The zero-order chi connectivity index (χ0) is 34.5. The number of alkyl halides is 8. The summed E-state index contributed by atoms with van der Waals surface area (Å²) in [5, 5.41) is 11.9. The maximum atomic E-state index is 14.5. The molecule has 1 heterocycles. The number of aryl methyl sites for hydroxylation is 1. The standard InChI is InChI=1S/C30H23BrF8N4O4/c1-42-22-12-23(47-14-24(32)33)18(25(44)45)11-20(22)41-27(42)43(17-5-3-16(31)4-6-17)21-10-15(2-7-19(21)29(34,35)36)13-40-26(46)28(8-9-28)30(37,38)39/h2-7,10-12,24H,8-9,13-14H2,1H3,(H,40,46)(H,44,45). The number of amides is 1. The molecule has 4 aromatic rings. The van der Waals surface area contributed by atoms with Crippen molar-refractivity contribution in [3.63, 3.8) is 0 Å². The lowest BCUT2D eigenvalue weighted by atomic mass is 10.0. The summed E-state index contributed by atoms with van der Waals surface area (Å²) in [4.78, 5) is 29.9. The zero-order valence-corrected chi connectivity index (χ0v) is 25.6. The number of nitrogens with one attached hydrogen (secondary N) is 1. The average Bonchev–Trinajstić information content (AvgIpc) is 3.76. The van der Waals surface area contributed by atoms with E-state index < -0.39 is 84.6 Å². The lowest BCUT2D eigenvalue weighted by Gasteiger charge is -2.28. The summed E-state index contributed by atoms with van der Waals surface area (Å²) >= 11 is 3.27. The van der Waals surface area contributed by atoms with Crippen LogP contribution in [-0.4, -0.2) is 45.7 Å². The normalized spacial score (nSPS) is 14.4. The summed E-state index contributed by atoms with van der Waals surface area (Å²) in [6.45, 7) is -1.64. The molecule has 0 spiro atoms. The molecule has 2 N–H and O–H groups in total. The fraction of sp³-hybridized carbons (Fsp3) is 0.300. The lowest BCUT2D eigenvalue weighted by molar-refractivity contribution is -0.192. The first kappa shape index (κ1) is 33.9. The number of imidazole rings is 1. The highest BCUT2D eigenvalue weighted by Crippen LogP contribution is 2.57. The Bertz CT molecular complexity index is 1840. The van der Waals surface area contributed by atoms with Gasteiger partial charge >= 0.3 is 18.3 Å². The van der Waals surface area contributed by atoms with E-state index in [2.05, 4.69) is 26.2 Å². The van der Waals surface area contributed by atoms with E-state index in [1.54, 1.807) is 0 Å². The van der Waals surface area contributed by atoms with Crippen LogP contribution in [0.15, 0.2) is 59.1 Å². The highest BCUT2D eigenvalue weighted by Gasteiger charge is 2.68. The third-order valence-corrected chi connectivity index (χ3v) is 8.16. The number of rotatable bonds is 10. The Kier molecular flexibility index (Phi) is 8.89. The van der Waals surface area contributed by atoms with E-state index in [4.69, 9.17) is 4.74 Å². The van der Waals surface area contributed by atoms with Crippen molar-refractivity contribution in [2.45, 2.75) is 38.2 Å². The first-order valence-electron chi connectivity index (χ1n) is 13.7. The van der Waals surface area contributed by atoms with Crippen molar-refractivity contribution < 1.29 is 54.6 Å². The molecule has 250 valence electrons. The van der Waals surface area contributed by atoms with E-state index >= 15 is 0 Å². The third kappa shape index (κ3) is 6.71. The van der Waals surface area contributed by atoms with E-state index in [0.717, 1.165) is 35.2 Å². The number of carbonyl (C=O) groups excluding carboxylic acids is 1. The fourth-order valence-electron chi connectivity index (χ4n) is 5.03. The van der Waals surface area contributed by atoms with E-state index in [9.17, 15) is 49.8 Å². The largest absolute Gasteiger partial charge is 0.487 e. The number of hydrogen-bond acceptors (Lipinski definition) is 5. The summed E-state index contributed by atoms with van der Waals surface area (Å²) < 4.78 is 116. The number of benzene rings is 3. The number of hydrogen-bond donors (Lipinski definition) is 2. The number of aromatic nitrogens is 2. The zero-order valence-electron chi connectivity index (χ0n) is 24.0. The Balaban J connectivity index is 1.66. The van der Waals surface area contributed by atoms with Gasteiger partial charge in [-0.2, -0.15) is 26.3 Å². The quantitative estimate of drug-likeness (QED) is 0.160. The predicted octanol–water partition coefficient (Wildman–Crippen LogP) is 8.13. The molecule has 0 unspecified atom stereocenters. The second-order valence-electron chi connectivity index (χ2n) is 10.7. The molecular weight excluding hydrogens is 712 g/mol. The molecule has 1 fully saturated rings. The van der Waals surface area contributed by atoms with Crippen LogP contribution in [-0.2, 0) is 24.6 Å². The summed E-state index contributed by atoms with van der Waals surface area (Å²) in [5.41, 5.74) is -4.46. The molecule has 5 rings (SSSR count). The van der Waals surface area contributed by atoms with Crippen LogP contribution in [0.25, 0.3) is 11.0 Å². The second kappa shape index (κ2) is 12.3. The SMILES string of the molecule is Cn1c(N(c2ccc(Br)cc2)c2cc(CNC(=O)C3(C(F)(F)F)CC3)ccc2C(F)(F)F)nc2cc(C(=O)O)c(OCC(F)F)cc21. The van der Waals surface area contributed by atoms with Gasteiger partial charge in [0.25, 0.3) is 6.43 Å². The smallest absolute Gasteiger partial charge is 0.418 e. The molecule has 0 radical (unpaired) electrons. The molecule has 0 saturated heterocycles. The third-order valence-electron chi connectivity index (χ3n) is 7.63. The number of aromatic carboxylic acids is 1. The van der Waals surface area contributed by atoms with Gasteiger partial charge in [-0.25, -0.2) is 18.6 Å². The molecule has 8 nitrogen and oxygen atoms in total. The average molecular weight is 735 g/mol. The van der Waals surface area contributed by atoms with Crippen LogP contribution in [0.2, 0.25) is 0 Å². The molecule has 0 aliphatic heterocycles. The van der Waals surface area contributed by atoms with Crippen LogP contribution in [0.3, 0.4) is 0 Å². The molecular formula is C30H23BrF8N4O4. The molecule has 47 heavy (non-hydrogen) atoms. The van der Waals surface area contributed by atoms with Crippen LogP contribution in [0.1, 0.15) is 34.3 Å². The molecule has 0 bridgehead atoms. The summed E-state index contributed by atoms with van der Waals surface area (Å²) in [6.07, 6.45) is -13.5. The van der Waals surface area contributed by atoms with Crippen LogP contribution < -0.4 is 15.0 Å². The molecule has 1 aliphatic carbocycles. The Labute approximate surface area is 269 Å². The first-order chi connectivity index (χ1) is 21.9. The summed E-state index contributed by atoms with van der Waals surface area (Å²) in [5.74, 6) is -3.41. The molecule has 1 amide bonds. The molecule has 3 aromatic carbocycles. The molecule has 1 aromatic heterocycles. The van der Waals surface area contributed by atoms with E-state index in [-0.39, 0.29) is 28.2 Å². The maximum absolute atomic E-state index is 14.5. The minimum absolute atomic E-state index is 0.0229. The number of carboxylic acid groups (broad SMARTS) is 1. The number of nitrogens with zero attached hydrogens (tertiary/aromatic N) is 3. The molecule has 1 saturated carbocycles. The van der Waals surface area contributed by atoms with Crippen LogP contribution in [0.5, 0.6) is 5.75 Å². The van der Waals surface area contributed by atoms with E-state index in [1.807, 2.05) is 0 Å². The van der Waals surface area contributed by atoms with Crippen molar-refractivity contribution >= 4 is 56.2 Å². The van der Waals surface area contributed by atoms with Crippen molar-refractivity contribution in [2.24, 2.45) is 12.5 Å². The van der Waals surface area contributed by atoms with Crippen molar-refractivity contribution in [2.75, 3.05) is 11.5 Å². The van der Waals surface area contributed by atoms with Crippen molar-refractivity contribution in [1.82, 2.24) is 14.9 Å². The summed E-state index contributed by atoms with van der Waals surface area (Å²) in [6, 6.07) is 10.9. The van der Waals surface area contributed by atoms with Crippen LogP contribution in [0, 0.1) is 5.41 Å². The van der Waals surface area contributed by atoms with Crippen LogP contribution >= 0.6 is 15.9 Å². The lowest BCUT2D eigenvalue weighted by Crippen LogP contribution is -2.40. The van der Waals surface area contributed by atoms with Gasteiger partial charge in [0.2, 0.25) is 11.9 Å². The van der Waals surface area contributed by atoms with Gasteiger partial charge in [-0.3, -0.25) is 9.69 Å². The van der Waals surface area contributed by atoms with E-state index in [0.29, 0.717) is 4.47 Å². The van der Waals surface area contributed by atoms with Gasteiger partial charge < -0.3 is 19.7 Å². The Morgan fingerprint density at radius 2 is 1.72 bits per heavy atom. The number of ether oxygens (including phenoxy) is 1. The minimum Gasteiger partial charge on any atom is -0.487 e.